The van der Waals surface area contributed by atoms with E-state index in [9.17, 15) is 0 Å². The number of rotatable bonds is 2. The quantitative estimate of drug-likeness (QED) is 0.899. The third-order valence-electron chi connectivity index (χ3n) is 2.91. The molecule has 0 amide bonds. The maximum atomic E-state index is 3.58. The van der Waals surface area contributed by atoms with Crippen molar-refractivity contribution in [3.63, 3.8) is 0 Å². The number of aryl methyl sites for hydroxylation is 1. The highest BCUT2D eigenvalue weighted by Gasteiger charge is 2.18. The molecule has 1 aliphatic heterocycles. The van der Waals surface area contributed by atoms with Crippen LogP contribution in [-0.2, 0) is 6.54 Å². The van der Waals surface area contributed by atoms with Crippen molar-refractivity contribution < 1.29 is 0 Å². The maximum Gasteiger partial charge on any atom is 0.0730 e. The van der Waals surface area contributed by atoms with Gasteiger partial charge in [0.05, 0.1) is 3.79 Å². The molecule has 1 aromatic heterocycles. The molecule has 2 rings (SSSR count). The van der Waals surface area contributed by atoms with Crippen molar-refractivity contribution in [3.8, 4) is 0 Å². The van der Waals surface area contributed by atoms with Crippen LogP contribution < -0.4 is 5.32 Å². The predicted octanol–water partition coefficient (Wildman–Crippen LogP) is 3.03. The average Bonchev–Trinajstić information content (AvgIpc) is 2.50. The van der Waals surface area contributed by atoms with Gasteiger partial charge >= 0.3 is 0 Å². The lowest BCUT2D eigenvalue weighted by atomic mass is 10.2. The molecule has 1 aromatic rings. The van der Waals surface area contributed by atoms with Gasteiger partial charge in [0.2, 0.25) is 0 Å². The molecule has 0 spiro atoms. The Morgan fingerprint density at radius 3 is 2.94 bits per heavy atom. The molecule has 0 saturated carbocycles. The summed E-state index contributed by atoms with van der Waals surface area (Å²) in [6.45, 7) is 8.95. The van der Waals surface area contributed by atoms with Crippen molar-refractivity contribution in [2.75, 3.05) is 19.6 Å². The topological polar surface area (TPSA) is 15.3 Å². The summed E-state index contributed by atoms with van der Waals surface area (Å²) in [5.74, 6) is 0. The second-order valence-corrected chi connectivity index (χ2v) is 6.65. The summed E-state index contributed by atoms with van der Waals surface area (Å²) in [6, 6.07) is 2.95. The first-order chi connectivity index (χ1) is 7.16. The van der Waals surface area contributed by atoms with Gasteiger partial charge in [-0.05, 0) is 41.4 Å². The fourth-order valence-electron chi connectivity index (χ4n) is 1.92. The van der Waals surface area contributed by atoms with Crippen LogP contribution in [0.4, 0.5) is 0 Å². The van der Waals surface area contributed by atoms with Crippen molar-refractivity contribution in [2.24, 2.45) is 0 Å². The fraction of sp³-hybridized carbons (Fsp3) is 0.636. The lowest BCUT2D eigenvalue weighted by Gasteiger charge is -2.33. The first-order valence-corrected chi connectivity index (χ1v) is 6.97. The zero-order chi connectivity index (χ0) is 10.8. The van der Waals surface area contributed by atoms with Gasteiger partial charge in [-0.2, -0.15) is 0 Å². The number of halogens is 2. The molecule has 2 heterocycles. The van der Waals surface area contributed by atoms with Gasteiger partial charge in [0.25, 0.3) is 0 Å². The molecular formula is C11H18BrClN2S. The minimum atomic E-state index is 0. The summed E-state index contributed by atoms with van der Waals surface area (Å²) < 4.78 is 1.28. The lowest BCUT2D eigenvalue weighted by molar-refractivity contribution is 0.167. The summed E-state index contributed by atoms with van der Waals surface area (Å²) in [4.78, 5) is 4.02. The number of nitrogens with one attached hydrogen (secondary N) is 1. The first-order valence-electron chi connectivity index (χ1n) is 5.36. The molecule has 92 valence electrons. The largest absolute Gasteiger partial charge is 0.314 e. The molecule has 0 aromatic carbocycles. The summed E-state index contributed by atoms with van der Waals surface area (Å²) in [7, 11) is 0. The smallest absolute Gasteiger partial charge is 0.0730 e. The summed E-state index contributed by atoms with van der Waals surface area (Å²) >= 11 is 5.45. The van der Waals surface area contributed by atoms with Crippen LogP contribution in [0.15, 0.2) is 9.85 Å². The molecule has 0 bridgehead atoms. The van der Waals surface area contributed by atoms with Gasteiger partial charge in [-0.3, -0.25) is 4.90 Å². The van der Waals surface area contributed by atoms with E-state index >= 15 is 0 Å². The van der Waals surface area contributed by atoms with Crippen LogP contribution in [0.2, 0.25) is 0 Å². The van der Waals surface area contributed by atoms with E-state index in [1.54, 1.807) is 0 Å². The van der Waals surface area contributed by atoms with Gasteiger partial charge in [0.15, 0.2) is 0 Å². The number of piperazine rings is 1. The van der Waals surface area contributed by atoms with Crippen molar-refractivity contribution in [3.05, 3.63) is 20.3 Å². The van der Waals surface area contributed by atoms with Gasteiger partial charge in [0, 0.05) is 37.1 Å². The Hall–Kier alpha value is 0.390. The van der Waals surface area contributed by atoms with E-state index in [4.69, 9.17) is 0 Å². The molecule has 1 atom stereocenters. The Kier molecular flexibility index (Phi) is 5.74. The second kappa shape index (κ2) is 6.36. The van der Waals surface area contributed by atoms with Crippen molar-refractivity contribution in [2.45, 2.75) is 26.4 Å². The number of hydrogen-bond donors (Lipinski definition) is 1. The number of thiophene rings is 1. The Balaban J connectivity index is 0.00000128. The van der Waals surface area contributed by atoms with Crippen LogP contribution in [0.25, 0.3) is 0 Å². The molecule has 5 heteroatoms. The highest BCUT2D eigenvalue weighted by Crippen LogP contribution is 2.28. The zero-order valence-corrected chi connectivity index (χ0v) is 12.8. The van der Waals surface area contributed by atoms with E-state index < -0.39 is 0 Å². The first kappa shape index (κ1) is 14.5. The molecule has 1 aliphatic rings. The number of hydrogen-bond acceptors (Lipinski definition) is 3. The normalized spacial score (nSPS) is 21.8. The van der Waals surface area contributed by atoms with E-state index in [1.807, 2.05) is 11.3 Å². The van der Waals surface area contributed by atoms with Gasteiger partial charge in [-0.15, -0.1) is 23.7 Å². The van der Waals surface area contributed by atoms with Crippen LogP contribution in [0, 0.1) is 6.92 Å². The van der Waals surface area contributed by atoms with Gasteiger partial charge in [0.1, 0.15) is 0 Å². The molecule has 16 heavy (non-hydrogen) atoms. The van der Waals surface area contributed by atoms with Crippen LogP contribution in [-0.4, -0.2) is 30.6 Å². The van der Waals surface area contributed by atoms with Gasteiger partial charge in [-0.1, -0.05) is 0 Å². The van der Waals surface area contributed by atoms with Crippen LogP contribution >= 0.6 is 39.7 Å². The third kappa shape index (κ3) is 3.44. The molecule has 1 fully saturated rings. The highest BCUT2D eigenvalue weighted by molar-refractivity contribution is 9.11. The predicted molar refractivity (Wildman–Crippen MR) is 76.7 cm³/mol. The summed E-state index contributed by atoms with van der Waals surface area (Å²) in [6.07, 6.45) is 0. The Bertz CT molecular complexity index is 323. The molecule has 1 N–H and O–H groups in total. The molecule has 1 saturated heterocycles. The third-order valence-corrected chi connectivity index (χ3v) is 5.03. The van der Waals surface area contributed by atoms with E-state index in [2.05, 4.69) is 46.1 Å². The Morgan fingerprint density at radius 2 is 2.38 bits per heavy atom. The SMILES string of the molecule is Cc1cc(CN2CCNC[C@H]2C)sc1Br.Cl. The Labute approximate surface area is 116 Å². The van der Waals surface area contributed by atoms with Gasteiger partial charge in [-0.25, -0.2) is 0 Å². The van der Waals surface area contributed by atoms with Crippen molar-refractivity contribution in [1.29, 1.82) is 0 Å². The molecule has 2 nitrogen and oxygen atoms in total. The average molecular weight is 326 g/mol. The van der Waals surface area contributed by atoms with E-state index in [0.29, 0.717) is 6.04 Å². The molecule has 0 unspecified atom stereocenters. The zero-order valence-electron chi connectivity index (χ0n) is 9.62. The van der Waals surface area contributed by atoms with E-state index in [0.717, 1.165) is 26.2 Å². The van der Waals surface area contributed by atoms with Gasteiger partial charge < -0.3 is 5.32 Å². The lowest BCUT2D eigenvalue weighted by Crippen LogP contribution is -2.49. The van der Waals surface area contributed by atoms with Crippen molar-refractivity contribution >= 4 is 39.7 Å². The molecular weight excluding hydrogens is 308 g/mol. The highest BCUT2D eigenvalue weighted by atomic mass is 79.9. The molecule has 0 aliphatic carbocycles. The minimum Gasteiger partial charge on any atom is -0.314 e. The second-order valence-electron chi connectivity index (χ2n) is 4.19. The monoisotopic (exact) mass is 324 g/mol. The van der Waals surface area contributed by atoms with Crippen LogP contribution in [0.5, 0.6) is 0 Å². The van der Waals surface area contributed by atoms with Crippen molar-refractivity contribution in [1.82, 2.24) is 10.2 Å². The Morgan fingerprint density at radius 1 is 1.62 bits per heavy atom. The standard InChI is InChI=1S/C11H17BrN2S.ClH/c1-8-5-10(15-11(8)12)7-14-4-3-13-6-9(14)2;/h5,9,13H,3-4,6-7H2,1-2H3;1H/t9-;/m1./s1. The summed E-state index contributed by atoms with van der Waals surface area (Å²) in [5.41, 5.74) is 1.36. The van der Waals surface area contributed by atoms with E-state index in [-0.39, 0.29) is 12.4 Å². The molecule has 0 radical (unpaired) electrons. The van der Waals surface area contributed by atoms with E-state index in [1.165, 1.54) is 14.2 Å². The van der Waals surface area contributed by atoms with Crippen LogP contribution in [0.1, 0.15) is 17.4 Å². The number of nitrogens with zero attached hydrogens (tertiary/aromatic N) is 1. The summed E-state index contributed by atoms with van der Waals surface area (Å²) in [5, 5.41) is 3.42. The fourth-order valence-corrected chi connectivity index (χ4v) is 3.57. The van der Waals surface area contributed by atoms with Crippen LogP contribution in [0.3, 0.4) is 0 Å². The minimum absolute atomic E-state index is 0. The maximum absolute atomic E-state index is 3.58.